The van der Waals surface area contributed by atoms with E-state index in [9.17, 15) is 5.26 Å². The lowest BCUT2D eigenvalue weighted by Crippen LogP contribution is -2.03. The molecule has 0 N–H and O–H groups in total. The van der Waals surface area contributed by atoms with Gasteiger partial charge in [0.25, 0.3) is 0 Å². The quantitative estimate of drug-likeness (QED) is 0.170. The number of para-hydroxylation sites is 4. The summed E-state index contributed by atoms with van der Waals surface area (Å²) in [6.07, 6.45) is 0. The lowest BCUT2D eigenvalue weighted by molar-refractivity contribution is 1.06. The summed E-state index contributed by atoms with van der Waals surface area (Å²) in [7, 11) is 0. The summed E-state index contributed by atoms with van der Waals surface area (Å²) in [5, 5.41) is 14.9. The molecule has 0 aliphatic heterocycles. The van der Waals surface area contributed by atoms with Gasteiger partial charge in [0.1, 0.15) is 6.07 Å². The molecule has 3 aromatic heterocycles. The zero-order valence-corrected chi connectivity index (χ0v) is 31.2. The van der Waals surface area contributed by atoms with E-state index in [1.807, 2.05) is 91.0 Å². The summed E-state index contributed by atoms with van der Waals surface area (Å²) in [5.41, 5.74) is 11.6. The molecule has 3 heterocycles. The summed E-state index contributed by atoms with van der Waals surface area (Å²) in [4.78, 5) is 15.2. The Labute approximate surface area is 334 Å². The van der Waals surface area contributed by atoms with Gasteiger partial charge in [-0.1, -0.05) is 146 Å². The molecule has 58 heavy (non-hydrogen) atoms. The van der Waals surface area contributed by atoms with Crippen LogP contribution in [-0.4, -0.2) is 24.1 Å². The smallest absolute Gasteiger partial charge is 0.166 e. The Kier molecular flexibility index (Phi) is 7.76. The van der Waals surface area contributed by atoms with Gasteiger partial charge in [0.15, 0.2) is 17.5 Å². The van der Waals surface area contributed by atoms with Crippen molar-refractivity contribution in [1.82, 2.24) is 24.1 Å². The molecule has 0 saturated carbocycles. The molecule has 270 valence electrons. The second-order valence-electron chi connectivity index (χ2n) is 14.3. The van der Waals surface area contributed by atoms with E-state index in [1.54, 1.807) is 0 Å². The van der Waals surface area contributed by atoms with E-state index in [0.29, 0.717) is 23.0 Å². The Hall–Kier alpha value is -8.14. The molecule has 0 saturated heterocycles. The second kappa shape index (κ2) is 13.6. The third kappa shape index (κ3) is 5.22. The average molecular weight is 741 g/mol. The maximum Gasteiger partial charge on any atom is 0.166 e. The predicted molar refractivity (Wildman–Crippen MR) is 235 cm³/mol. The van der Waals surface area contributed by atoms with Gasteiger partial charge >= 0.3 is 0 Å². The summed E-state index contributed by atoms with van der Waals surface area (Å²) in [5.74, 6) is 1.82. The molecule has 0 spiro atoms. The van der Waals surface area contributed by atoms with Gasteiger partial charge in [-0.15, -0.1) is 0 Å². The molecule has 0 fully saturated rings. The van der Waals surface area contributed by atoms with Crippen molar-refractivity contribution in [1.29, 1.82) is 5.26 Å². The van der Waals surface area contributed by atoms with Crippen LogP contribution < -0.4 is 0 Å². The van der Waals surface area contributed by atoms with Crippen LogP contribution in [0.3, 0.4) is 0 Å². The van der Waals surface area contributed by atoms with Crippen LogP contribution in [0.1, 0.15) is 5.56 Å². The average Bonchev–Trinajstić information content (AvgIpc) is 3.83. The van der Waals surface area contributed by atoms with Crippen LogP contribution in [0.2, 0.25) is 0 Å². The van der Waals surface area contributed by atoms with Crippen molar-refractivity contribution in [2.24, 2.45) is 0 Å². The molecule has 0 amide bonds. The topological polar surface area (TPSA) is 72.3 Å². The molecule has 6 heteroatoms. The number of rotatable bonds is 6. The Balaban J connectivity index is 1.19. The highest BCUT2D eigenvalue weighted by atomic mass is 15.1. The Morgan fingerprint density at radius 1 is 0.379 bits per heavy atom. The third-order valence-corrected chi connectivity index (χ3v) is 11.0. The van der Waals surface area contributed by atoms with E-state index < -0.39 is 0 Å². The Morgan fingerprint density at radius 2 is 0.879 bits per heavy atom. The lowest BCUT2D eigenvalue weighted by atomic mass is 9.94. The van der Waals surface area contributed by atoms with Gasteiger partial charge in [-0.25, -0.2) is 15.0 Å². The number of nitriles is 1. The van der Waals surface area contributed by atoms with Crippen LogP contribution in [-0.2, 0) is 0 Å². The largest absolute Gasteiger partial charge is 0.308 e. The summed E-state index contributed by atoms with van der Waals surface area (Å²) >= 11 is 0. The Bertz CT molecular complexity index is 3340. The van der Waals surface area contributed by atoms with Crippen LogP contribution in [0.5, 0.6) is 0 Å². The normalized spacial score (nSPS) is 11.4. The van der Waals surface area contributed by atoms with Gasteiger partial charge in [0.2, 0.25) is 0 Å². The number of fused-ring (bicyclic) bond motifs is 6. The first-order chi connectivity index (χ1) is 28.8. The van der Waals surface area contributed by atoms with Gasteiger partial charge in [-0.2, -0.15) is 5.26 Å². The second-order valence-corrected chi connectivity index (χ2v) is 14.3. The lowest BCUT2D eigenvalue weighted by Gasteiger charge is -2.15. The van der Waals surface area contributed by atoms with Crippen LogP contribution in [0, 0.1) is 11.3 Å². The fourth-order valence-electron chi connectivity index (χ4n) is 8.55. The fraction of sp³-hybridized carbons (Fsp3) is 0. The number of aromatic nitrogens is 5. The summed E-state index contributed by atoms with van der Waals surface area (Å²) < 4.78 is 4.57. The SMILES string of the molecule is N#Cc1ccc(-c2cccc3c2c2ccccc2n3-c2ccccc2-c2nc(-c3ccccc3)nc(-c3ccccc3)n2)c2c3ccccc3n(-c3ccccc3)c12. The van der Waals surface area contributed by atoms with Crippen LogP contribution >= 0.6 is 0 Å². The van der Waals surface area contributed by atoms with Gasteiger partial charge in [0, 0.05) is 43.9 Å². The molecule has 0 radical (unpaired) electrons. The molecule has 11 aromatic rings. The van der Waals surface area contributed by atoms with E-state index in [1.165, 1.54) is 0 Å². The van der Waals surface area contributed by atoms with Gasteiger partial charge in [-0.3, -0.25) is 0 Å². The minimum absolute atomic E-state index is 0.591. The number of benzene rings is 8. The molecule has 0 unspecified atom stereocenters. The Morgan fingerprint density at radius 3 is 1.55 bits per heavy atom. The van der Waals surface area contributed by atoms with E-state index >= 15 is 0 Å². The highest BCUT2D eigenvalue weighted by molar-refractivity contribution is 6.23. The highest BCUT2D eigenvalue weighted by Gasteiger charge is 2.24. The van der Waals surface area contributed by atoms with E-state index in [0.717, 1.165) is 82.8 Å². The molecule has 0 aliphatic rings. The zero-order chi connectivity index (χ0) is 38.6. The summed E-state index contributed by atoms with van der Waals surface area (Å²) in [6, 6.07) is 69.0. The highest BCUT2D eigenvalue weighted by Crippen LogP contribution is 2.45. The minimum atomic E-state index is 0.591. The third-order valence-electron chi connectivity index (χ3n) is 11.0. The first kappa shape index (κ1) is 33.2. The van der Waals surface area contributed by atoms with Gasteiger partial charge in [-0.05, 0) is 59.7 Å². The van der Waals surface area contributed by atoms with E-state index in [-0.39, 0.29) is 0 Å². The number of nitrogens with zero attached hydrogens (tertiary/aromatic N) is 6. The zero-order valence-electron chi connectivity index (χ0n) is 31.2. The predicted octanol–water partition coefficient (Wildman–Crippen LogP) is 12.6. The van der Waals surface area contributed by atoms with Crippen molar-refractivity contribution >= 4 is 43.6 Å². The van der Waals surface area contributed by atoms with Crippen LogP contribution in [0.4, 0.5) is 0 Å². The maximum atomic E-state index is 10.5. The minimum Gasteiger partial charge on any atom is -0.308 e. The molecular formula is C52H32N6. The molecule has 6 nitrogen and oxygen atoms in total. The maximum absolute atomic E-state index is 10.5. The molecule has 8 aromatic carbocycles. The van der Waals surface area contributed by atoms with Gasteiger partial charge in [0.05, 0.1) is 33.3 Å². The molecular weight excluding hydrogens is 709 g/mol. The van der Waals surface area contributed by atoms with Crippen LogP contribution in [0.25, 0.3) is 100 Å². The first-order valence-corrected chi connectivity index (χ1v) is 19.3. The molecule has 0 atom stereocenters. The molecule has 0 bridgehead atoms. The monoisotopic (exact) mass is 740 g/mol. The standard InChI is InChI=1S/C52H32N6/c53-33-36-31-32-39(48-41-24-11-13-27-43(41)57(49(36)48)37-21-8-3-9-22-37)38-26-16-30-46-47(38)40-23-10-14-28-44(40)58(46)45-29-15-12-25-42(45)52-55-50(34-17-4-1-5-18-34)54-51(56-52)35-19-6-2-7-20-35/h1-32H. The summed E-state index contributed by atoms with van der Waals surface area (Å²) in [6.45, 7) is 0. The van der Waals surface area contributed by atoms with Crippen molar-refractivity contribution in [2.75, 3.05) is 0 Å². The van der Waals surface area contributed by atoms with E-state index in [4.69, 9.17) is 15.0 Å². The van der Waals surface area contributed by atoms with Crippen molar-refractivity contribution in [3.63, 3.8) is 0 Å². The molecule has 0 aliphatic carbocycles. The van der Waals surface area contributed by atoms with E-state index in [2.05, 4.69) is 118 Å². The fourth-order valence-corrected chi connectivity index (χ4v) is 8.55. The number of hydrogen-bond donors (Lipinski definition) is 0. The van der Waals surface area contributed by atoms with Crippen molar-refractivity contribution in [3.05, 3.63) is 200 Å². The van der Waals surface area contributed by atoms with Crippen LogP contribution in [0.15, 0.2) is 194 Å². The van der Waals surface area contributed by atoms with Crippen molar-refractivity contribution < 1.29 is 0 Å². The van der Waals surface area contributed by atoms with Gasteiger partial charge < -0.3 is 9.13 Å². The first-order valence-electron chi connectivity index (χ1n) is 19.3. The van der Waals surface area contributed by atoms with Crippen molar-refractivity contribution in [3.8, 4) is 62.7 Å². The van der Waals surface area contributed by atoms with Crippen molar-refractivity contribution in [2.45, 2.75) is 0 Å². The molecule has 11 rings (SSSR count). The number of hydrogen-bond acceptors (Lipinski definition) is 4.